The second kappa shape index (κ2) is 19.4. The Bertz CT molecular complexity index is 1200. The van der Waals surface area contributed by atoms with Crippen LogP contribution in [-0.4, -0.2) is 80.4 Å². The van der Waals surface area contributed by atoms with Crippen LogP contribution in [-0.2, 0) is 34.1 Å². The molecule has 1 fully saturated rings. The van der Waals surface area contributed by atoms with Gasteiger partial charge in [0.2, 0.25) is 0 Å². The Labute approximate surface area is 256 Å². The summed E-state index contributed by atoms with van der Waals surface area (Å²) < 4.78 is 5.51. The van der Waals surface area contributed by atoms with Crippen LogP contribution in [0.3, 0.4) is 0 Å². The van der Waals surface area contributed by atoms with Crippen LogP contribution in [0.25, 0.3) is 0 Å². The normalized spacial score (nSPS) is 18.3. The molecule has 1 atom stereocenters. The minimum Gasteiger partial charge on any atom is -0.545 e. The van der Waals surface area contributed by atoms with E-state index in [-0.39, 0.29) is 5.97 Å². The monoisotopic (exact) mass is 612 g/mol. The minimum atomic E-state index is -1.51. The fraction of sp³-hybridized carbons (Fsp3) is 0.344. The Morgan fingerprint density at radius 3 is 1.66 bits per heavy atom. The molecule has 0 bridgehead atoms. The average Bonchev–Trinajstić information content (AvgIpc) is 2.99. The van der Waals surface area contributed by atoms with E-state index in [4.69, 9.17) is 14.9 Å². The lowest BCUT2D eigenvalue weighted by molar-refractivity contribution is -0.965. The first kappa shape index (κ1) is 37.2. The lowest BCUT2D eigenvalue weighted by Crippen LogP contribution is -3.19. The first-order valence-electron chi connectivity index (χ1n) is 14.0. The number of hydrogen-bond donors (Lipinski definition) is 4. The molecule has 0 aromatic heterocycles. The summed E-state index contributed by atoms with van der Waals surface area (Å²) in [4.78, 5) is 53.9. The third-order valence-corrected chi connectivity index (χ3v) is 6.92. The molecule has 0 amide bonds. The van der Waals surface area contributed by atoms with E-state index < -0.39 is 29.3 Å². The third-order valence-electron chi connectivity index (χ3n) is 6.92. The van der Waals surface area contributed by atoms with E-state index >= 15 is 0 Å². The van der Waals surface area contributed by atoms with Gasteiger partial charge in [0.1, 0.15) is 12.0 Å². The lowest BCUT2D eigenvalue weighted by Gasteiger charge is -2.39. The van der Waals surface area contributed by atoms with Crippen LogP contribution in [0.2, 0.25) is 0 Å². The molecule has 1 aliphatic heterocycles. The van der Waals surface area contributed by atoms with Gasteiger partial charge in [0.05, 0.1) is 45.7 Å². The van der Waals surface area contributed by atoms with Gasteiger partial charge in [-0.3, -0.25) is 4.79 Å². The number of ether oxygens (including phenoxy) is 1. The molecule has 4 N–H and O–H groups in total. The number of esters is 1. The number of carboxylic acids is 4. The SMILES string of the molecule is CCOC(=O)C1(c2ccccc2)CC[NH+](CC(c2ccccc2)[NH+](C)C)CC1.O=C([O-])/C=C\C(=O)O.O=C([O-])/C=C\C(=O)O. The molecule has 2 aromatic carbocycles. The zero-order chi connectivity index (χ0) is 33.1. The summed E-state index contributed by atoms with van der Waals surface area (Å²) >= 11 is 0. The molecular weight excluding hydrogens is 572 g/mol. The molecule has 12 nitrogen and oxygen atoms in total. The fourth-order valence-corrected chi connectivity index (χ4v) is 4.78. The molecule has 1 heterocycles. The molecule has 0 radical (unpaired) electrons. The Hall–Kier alpha value is -4.81. The third kappa shape index (κ3) is 13.4. The topological polar surface area (TPSA) is 190 Å². The van der Waals surface area contributed by atoms with Crippen molar-refractivity contribution in [3.05, 3.63) is 96.1 Å². The van der Waals surface area contributed by atoms with E-state index in [9.17, 15) is 34.2 Å². The zero-order valence-electron chi connectivity index (χ0n) is 25.1. The molecule has 12 heteroatoms. The van der Waals surface area contributed by atoms with Gasteiger partial charge < -0.3 is 44.6 Å². The van der Waals surface area contributed by atoms with Gasteiger partial charge in [-0.15, -0.1) is 0 Å². The number of rotatable bonds is 11. The summed E-state index contributed by atoms with van der Waals surface area (Å²) in [6.07, 6.45) is 3.57. The molecule has 1 saturated heterocycles. The van der Waals surface area contributed by atoms with Crippen molar-refractivity contribution in [2.45, 2.75) is 31.2 Å². The molecule has 2 aromatic rings. The number of benzene rings is 2. The first-order valence-corrected chi connectivity index (χ1v) is 14.0. The average molecular weight is 613 g/mol. The molecule has 3 rings (SSSR count). The summed E-state index contributed by atoms with van der Waals surface area (Å²) in [5.74, 6) is -5.67. The van der Waals surface area contributed by atoms with E-state index in [0.717, 1.165) is 38.0 Å². The summed E-state index contributed by atoms with van der Waals surface area (Å²) in [6.45, 7) is 5.39. The molecule has 0 spiro atoms. The number of nitrogens with one attached hydrogen (secondary N) is 2. The van der Waals surface area contributed by atoms with Crippen LogP contribution in [0.5, 0.6) is 0 Å². The number of aliphatic carboxylic acids is 4. The quantitative estimate of drug-likeness (QED) is 0.160. The van der Waals surface area contributed by atoms with Crippen molar-refractivity contribution in [3.63, 3.8) is 0 Å². The van der Waals surface area contributed by atoms with Crippen LogP contribution >= 0.6 is 0 Å². The van der Waals surface area contributed by atoms with Crippen molar-refractivity contribution in [2.24, 2.45) is 0 Å². The van der Waals surface area contributed by atoms with E-state index in [1.54, 1.807) is 4.90 Å². The summed E-state index contributed by atoms with van der Waals surface area (Å²) in [7, 11) is 4.46. The number of hydrogen-bond acceptors (Lipinski definition) is 8. The summed E-state index contributed by atoms with van der Waals surface area (Å²) in [5, 5.41) is 34.5. The lowest BCUT2D eigenvalue weighted by atomic mass is 9.72. The predicted molar refractivity (Wildman–Crippen MR) is 155 cm³/mol. The number of likely N-dealkylation sites (N-methyl/N-ethyl adjacent to an activating group) is 1. The number of carbonyl (C=O) groups excluding carboxylic acids is 3. The van der Waals surface area contributed by atoms with Gasteiger partial charge in [-0.25, -0.2) is 9.59 Å². The van der Waals surface area contributed by atoms with Gasteiger partial charge in [-0.1, -0.05) is 60.7 Å². The first-order chi connectivity index (χ1) is 20.8. The van der Waals surface area contributed by atoms with Crippen molar-refractivity contribution in [2.75, 3.05) is 40.3 Å². The molecule has 0 saturated carbocycles. The van der Waals surface area contributed by atoms with Crippen LogP contribution in [0.4, 0.5) is 0 Å². The Kier molecular flexibility index (Phi) is 16.4. The van der Waals surface area contributed by atoms with Crippen LogP contribution in [0.1, 0.15) is 36.9 Å². The second-order valence-electron chi connectivity index (χ2n) is 10.1. The minimum absolute atomic E-state index is 0.0573. The van der Waals surface area contributed by atoms with Gasteiger partial charge in [-0.2, -0.15) is 0 Å². The van der Waals surface area contributed by atoms with Crippen molar-refractivity contribution in [1.29, 1.82) is 0 Å². The van der Waals surface area contributed by atoms with E-state index in [0.29, 0.717) is 37.0 Å². The molecule has 1 unspecified atom stereocenters. The zero-order valence-corrected chi connectivity index (χ0v) is 25.1. The molecule has 1 aliphatic rings. The fourth-order valence-electron chi connectivity index (χ4n) is 4.78. The standard InChI is InChI=1S/C24H32N2O2.2C4H4O4/c1-4-28-23(27)24(21-13-9-6-10-14-21)15-17-26(18-16-24)19-22(25(2)3)20-11-7-5-8-12-20;2*5-3(6)1-2-4(7)8/h5-14,22H,4,15-19H2,1-3H3;2*1-2H,(H,5,6)(H,7,8)/b;2*2-1-. The molecule has 44 heavy (non-hydrogen) atoms. The van der Waals surface area contributed by atoms with Crippen molar-refractivity contribution in [1.82, 2.24) is 0 Å². The van der Waals surface area contributed by atoms with Crippen molar-refractivity contribution in [3.8, 4) is 0 Å². The number of quaternary nitrogens is 2. The van der Waals surface area contributed by atoms with E-state index in [2.05, 4.69) is 56.6 Å². The van der Waals surface area contributed by atoms with Crippen molar-refractivity contribution >= 4 is 29.8 Å². The highest BCUT2D eigenvalue weighted by molar-refractivity contribution is 5.89. The number of likely N-dealkylation sites (tertiary alicyclic amines) is 1. The van der Waals surface area contributed by atoms with Gasteiger partial charge in [0, 0.05) is 30.6 Å². The van der Waals surface area contributed by atoms with Gasteiger partial charge in [0.25, 0.3) is 0 Å². The van der Waals surface area contributed by atoms with Gasteiger partial charge >= 0.3 is 17.9 Å². The highest BCUT2D eigenvalue weighted by Crippen LogP contribution is 2.34. The Balaban J connectivity index is 0.000000498. The second-order valence-corrected chi connectivity index (χ2v) is 10.1. The number of carbonyl (C=O) groups is 5. The van der Waals surface area contributed by atoms with Crippen LogP contribution in [0, 0.1) is 0 Å². The number of carboxylic acid groups (broad SMARTS) is 4. The van der Waals surface area contributed by atoms with E-state index in [1.807, 2.05) is 25.1 Å². The smallest absolute Gasteiger partial charge is 0.328 e. The van der Waals surface area contributed by atoms with E-state index in [1.165, 1.54) is 10.5 Å². The van der Waals surface area contributed by atoms with Crippen LogP contribution in [0.15, 0.2) is 85.0 Å². The molecule has 0 aliphatic carbocycles. The Morgan fingerprint density at radius 1 is 0.841 bits per heavy atom. The van der Waals surface area contributed by atoms with Crippen LogP contribution < -0.4 is 20.0 Å². The maximum atomic E-state index is 12.9. The number of piperidine rings is 1. The predicted octanol–water partition coefficient (Wildman–Crippen LogP) is -2.19. The maximum Gasteiger partial charge on any atom is 0.328 e. The molecule has 238 valence electrons. The summed E-state index contributed by atoms with van der Waals surface area (Å²) in [6, 6.07) is 21.5. The Morgan fingerprint density at radius 2 is 1.30 bits per heavy atom. The largest absolute Gasteiger partial charge is 0.545 e. The highest BCUT2D eigenvalue weighted by atomic mass is 16.5. The van der Waals surface area contributed by atoms with Gasteiger partial charge in [-0.05, 0) is 24.6 Å². The highest BCUT2D eigenvalue weighted by Gasteiger charge is 2.46. The molecular formula is C32H40N2O10. The van der Waals surface area contributed by atoms with Gasteiger partial charge in [0.15, 0.2) is 6.04 Å². The maximum absolute atomic E-state index is 12.9. The van der Waals surface area contributed by atoms with Crippen molar-refractivity contribution < 1.29 is 58.9 Å². The summed E-state index contributed by atoms with van der Waals surface area (Å²) in [5.41, 5.74) is 2.00.